The zero-order valence-corrected chi connectivity index (χ0v) is 11.9. The maximum absolute atomic E-state index is 11.8. The molecule has 2 N–H and O–H groups in total. The van der Waals surface area contributed by atoms with E-state index in [0.717, 1.165) is 24.0 Å². The Labute approximate surface area is 116 Å². The number of nitrogens with zero attached hydrogens (tertiary/aromatic N) is 1. The second-order valence-corrected chi connectivity index (χ2v) is 5.00. The predicted molar refractivity (Wildman–Crippen MR) is 76.5 cm³/mol. The van der Waals surface area contributed by atoms with E-state index in [1.54, 1.807) is 11.4 Å². The summed E-state index contributed by atoms with van der Waals surface area (Å²) in [6.07, 6.45) is 2.54. The fraction of sp³-hybridized carbons (Fsp3) is 0.385. The van der Waals surface area contributed by atoms with Gasteiger partial charge in [-0.1, -0.05) is 6.92 Å². The summed E-state index contributed by atoms with van der Waals surface area (Å²) in [6, 6.07) is 1.68. The zero-order chi connectivity index (χ0) is 14.3. The van der Waals surface area contributed by atoms with Gasteiger partial charge in [-0.2, -0.15) is 0 Å². The van der Waals surface area contributed by atoms with Crippen molar-refractivity contribution in [3.8, 4) is 0 Å². The van der Waals surface area contributed by atoms with Gasteiger partial charge in [-0.25, -0.2) is 4.79 Å². The number of hydrogen-bond acceptors (Lipinski definition) is 4. The van der Waals surface area contributed by atoms with Crippen molar-refractivity contribution in [2.75, 3.05) is 26.7 Å². The Morgan fingerprint density at radius 3 is 2.89 bits per heavy atom. The summed E-state index contributed by atoms with van der Waals surface area (Å²) in [6.45, 7) is 4.40. The highest BCUT2D eigenvalue weighted by Gasteiger charge is 2.07. The largest absolute Gasteiger partial charge is 0.478 e. The molecule has 0 aromatic carbocycles. The number of amides is 1. The van der Waals surface area contributed by atoms with Crippen LogP contribution in [0.2, 0.25) is 0 Å². The van der Waals surface area contributed by atoms with Crippen molar-refractivity contribution >= 4 is 29.3 Å². The summed E-state index contributed by atoms with van der Waals surface area (Å²) in [5.74, 6) is -1.13. The molecule has 0 fully saturated rings. The summed E-state index contributed by atoms with van der Waals surface area (Å²) < 4.78 is 0. The van der Waals surface area contributed by atoms with Crippen LogP contribution >= 0.6 is 11.3 Å². The number of likely N-dealkylation sites (N-methyl/N-ethyl adjacent to an activating group) is 1. The molecule has 104 valence electrons. The topological polar surface area (TPSA) is 69.6 Å². The van der Waals surface area contributed by atoms with Crippen LogP contribution in [0.25, 0.3) is 6.08 Å². The zero-order valence-electron chi connectivity index (χ0n) is 11.0. The molecule has 0 saturated carbocycles. The predicted octanol–water partition coefficient (Wildman–Crippen LogP) is 1.53. The van der Waals surface area contributed by atoms with Crippen LogP contribution in [0, 0.1) is 0 Å². The van der Waals surface area contributed by atoms with Crippen molar-refractivity contribution in [3.05, 3.63) is 28.0 Å². The van der Waals surface area contributed by atoms with Crippen molar-refractivity contribution in [2.24, 2.45) is 0 Å². The van der Waals surface area contributed by atoms with E-state index in [-0.39, 0.29) is 5.91 Å². The van der Waals surface area contributed by atoms with Crippen LogP contribution in [0.5, 0.6) is 0 Å². The average Bonchev–Trinajstić information content (AvgIpc) is 2.84. The highest BCUT2D eigenvalue weighted by molar-refractivity contribution is 7.11. The molecule has 0 bridgehead atoms. The third-order valence-electron chi connectivity index (χ3n) is 2.59. The lowest BCUT2D eigenvalue weighted by Crippen LogP contribution is -2.32. The van der Waals surface area contributed by atoms with Gasteiger partial charge in [0.2, 0.25) is 0 Å². The number of carbonyl (C=O) groups is 2. The monoisotopic (exact) mass is 282 g/mol. The first-order valence-corrected chi connectivity index (χ1v) is 6.87. The molecule has 1 heterocycles. The normalized spacial score (nSPS) is 11.1. The van der Waals surface area contributed by atoms with Gasteiger partial charge >= 0.3 is 5.97 Å². The van der Waals surface area contributed by atoms with E-state index >= 15 is 0 Å². The molecule has 0 atom stereocenters. The molecule has 0 unspecified atom stereocenters. The Morgan fingerprint density at radius 1 is 1.53 bits per heavy atom. The third kappa shape index (κ3) is 5.67. The minimum absolute atomic E-state index is 0.129. The van der Waals surface area contributed by atoms with Gasteiger partial charge in [0.05, 0.1) is 5.56 Å². The Morgan fingerprint density at radius 2 is 2.26 bits per heavy atom. The minimum atomic E-state index is -0.998. The maximum atomic E-state index is 11.8. The van der Waals surface area contributed by atoms with Crippen LogP contribution in [-0.2, 0) is 4.79 Å². The molecule has 6 heteroatoms. The van der Waals surface area contributed by atoms with Gasteiger partial charge in [-0.15, -0.1) is 11.3 Å². The first-order chi connectivity index (χ1) is 9.02. The lowest BCUT2D eigenvalue weighted by Gasteiger charge is -2.13. The number of carboxylic acid groups (broad SMARTS) is 1. The minimum Gasteiger partial charge on any atom is -0.478 e. The number of carbonyl (C=O) groups excluding carboxylic acids is 1. The molecule has 0 saturated heterocycles. The number of hydrogen-bond donors (Lipinski definition) is 2. The molecule has 1 amide bonds. The fourth-order valence-corrected chi connectivity index (χ4v) is 2.11. The van der Waals surface area contributed by atoms with Crippen LogP contribution in [0.1, 0.15) is 22.2 Å². The molecule has 0 spiro atoms. The molecular weight excluding hydrogens is 264 g/mol. The molecule has 0 aliphatic rings. The Hall–Kier alpha value is -1.66. The summed E-state index contributed by atoms with van der Waals surface area (Å²) in [7, 11) is 1.99. The SMILES string of the molecule is CCN(C)CCNC(=O)c1csc(C=CC(=O)O)c1. The smallest absolute Gasteiger partial charge is 0.328 e. The molecule has 5 nitrogen and oxygen atoms in total. The second kappa shape index (κ2) is 7.70. The molecule has 0 radical (unpaired) electrons. The highest BCUT2D eigenvalue weighted by atomic mass is 32.1. The van der Waals surface area contributed by atoms with E-state index in [4.69, 9.17) is 5.11 Å². The lowest BCUT2D eigenvalue weighted by molar-refractivity contribution is -0.131. The van der Waals surface area contributed by atoms with Gasteiger partial charge < -0.3 is 15.3 Å². The number of carboxylic acids is 1. The molecule has 0 aliphatic heterocycles. The first kappa shape index (κ1) is 15.4. The van der Waals surface area contributed by atoms with Crippen molar-refractivity contribution in [2.45, 2.75) is 6.92 Å². The molecule has 19 heavy (non-hydrogen) atoms. The van der Waals surface area contributed by atoms with Gasteiger partial charge in [0.15, 0.2) is 0 Å². The van der Waals surface area contributed by atoms with E-state index in [1.165, 1.54) is 17.4 Å². The lowest BCUT2D eigenvalue weighted by atomic mass is 10.3. The number of aliphatic carboxylic acids is 1. The van der Waals surface area contributed by atoms with Crippen molar-refractivity contribution in [1.82, 2.24) is 10.2 Å². The van der Waals surface area contributed by atoms with Crippen LogP contribution in [0.15, 0.2) is 17.5 Å². The van der Waals surface area contributed by atoms with Crippen LogP contribution in [0.4, 0.5) is 0 Å². The molecule has 0 aliphatic carbocycles. The Balaban J connectivity index is 2.47. The van der Waals surface area contributed by atoms with E-state index in [9.17, 15) is 9.59 Å². The first-order valence-electron chi connectivity index (χ1n) is 5.99. The Kier molecular flexibility index (Phi) is 6.24. The van der Waals surface area contributed by atoms with Crippen LogP contribution in [-0.4, -0.2) is 48.6 Å². The summed E-state index contributed by atoms with van der Waals surface area (Å²) in [5.41, 5.74) is 0.564. The molecule has 1 aromatic heterocycles. The van der Waals surface area contributed by atoms with Crippen molar-refractivity contribution in [3.63, 3.8) is 0 Å². The van der Waals surface area contributed by atoms with E-state index in [2.05, 4.69) is 17.1 Å². The van der Waals surface area contributed by atoms with Crippen molar-refractivity contribution < 1.29 is 14.7 Å². The number of nitrogens with one attached hydrogen (secondary N) is 1. The summed E-state index contributed by atoms with van der Waals surface area (Å²) >= 11 is 1.34. The number of thiophene rings is 1. The number of rotatable bonds is 7. The quantitative estimate of drug-likeness (QED) is 0.744. The molecule has 1 rings (SSSR count). The van der Waals surface area contributed by atoms with Gasteiger partial charge in [-0.05, 0) is 25.7 Å². The highest BCUT2D eigenvalue weighted by Crippen LogP contribution is 2.16. The maximum Gasteiger partial charge on any atom is 0.328 e. The summed E-state index contributed by atoms with van der Waals surface area (Å²) in [5, 5.41) is 13.1. The van der Waals surface area contributed by atoms with E-state index in [1.807, 2.05) is 7.05 Å². The third-order valence-corrected chi connectivity index (χ3v) is 3.49. The van der Waals surface area contributed by atoms with Gasteiger partial charge in [-0.3, -0.25) is 4.79 Å². The second-order valence-electron chi connectivity index (χ2n) is 4.06. The molecule has 1 aromatic rings. The van der Waals surface area contributed by atoms with Gasteiger partial charge in [0, 0.05) is 29.4 Å². The van der Waals surface area contributed by atoms with Crippen LogP contribution in [0.3, 0.4) is 0 Å². The van der Waals surface area contributed by atoms with Gasteiger partial charge in [0.25, 0.3) is 5.91 Å². The average molecular weight is 282 g/mol. The fourth-order valence-electron chi connectivity index (χ4n) is 1.33. The van der Waals surface area contributed by atoms with E-state index < -0.39 is 5.97 Å². The summed E-state index contributed by atoms with van der Waals surface area (Å²) in [4.78, 5) is 25.0. The Bertz CT molecular complexity index is 468. The standard InChI is InChI=1S/C13H18N2O3S/c1-3-15(2)7-6-14-13(18)10-8-11(19-9-10)4-5-12(16)17/h4-5,8-9H,3,6-7H2,1-2H3,(H,14,18)(H,16,17). The van der Waals surface area contributed by atoms with Crippen molar-refractivity contribution in [1.29, 1.82) is 0 Å². The molecular formula is C13H18N2O3S. The van der Waals surface area contributed by atoms with Crippen LogP contribution < -0.4 is 5.32 Å². The van der Waals surface area contributed by atoms with E-state index in [0.29, 0.717) is 12.1 Å². The van der Waals surface area contributed by atoms with Gasteiger partial charge in [0.1, 0.15) is 0 Å².